The molecule has 104 valence electrons. The van der Waals surface area contributed by atoms with Gasteiger partial charge in [0.05, 0.1) is 5.56 Å². The van der Waals surface area contributed by atoms with Crippen molar-refractivity contribution < 1.29 is 4.74 Å². The molecule has 2 rings (SSSR count). The number of hydrogen-bond acceptors (Lipinski definition) is 3. The number of aromatic nitrogens is 1. The molecule has 1 aliphatic carbocycles. The van der Waals surface area contributed by atoms with Gasteiger partial charge in [-0.3, -0.25) is 5.41 Å². The zero-order valence-corrected chi connectivity index (χ0v) is 11.9. The van der Waals surface area contributed by atoms with Gasteiger partial charge in [-0.15, -0.1) is 0 Å². The van der Waals surface area contributed by atoms with Crippen LogP contribution in [0.1, 0.15) is 45.6 Å². The Hall–Kier alpha value is -1.58. The van der Waals surface area contributed by atoms with Gasteiger partial charge in [0.1, 0.15) is 11.9 Å². The molecular weight excluding hydrogens is 238 g/mol. The molecule has 0 aliphatic heterocycles. The summed E-state index contributed by atoms with van der Waals surface area (Å²) in [6.45, 7) is 6.83. The van der Waals surface area contributed by atoms with Crippen LogP contribution in [0.3, 0.4) is 0 Å². The highest BCUT2D eigenvalue weighted by Crippen LogP contribution is 2.40. The largest absolute Gasteiger partial charge is 0.474 e. The summed E-state index contributed by atoms with van der Waals surface area (Å²) in [4.78, 5) is 4.22. The highest BCUT2D eigenvalue weighted by Gasteiger charge is 2.33. The van der Waals surface area contributed by atoms with E-state index in [1.165, 1.54) is 6.42 Å². The third-order valence-corrected chi connectivity index (χ3v) is 3.69. The molecule has 2 atom stereocenters. The van der Waals surface area contributed by atoms with Crippen molar-refractivity contribution in [1.29, 1.82) is 5.41 Å². The standard InChI is InChI=1S/C15H23N3O/c1-10-7-11(9-15(2,3)8-10)19-14-12(13(16)17)5-4-6-18-14/h4-6,10-11H,7-9H2,1-3H3,(H3,16,17). The minimum Gasteiger partial charge on any atom is -0.474 e. The molecule has 1 aromatic rings. The average Bonchev–Trinajstić information content (AvgIpc) is 2.26. The van der Waals surface area contributed by atoms with E-state index in [4.69, 9.17) is 15.9 Å². The third-order valence-electron chi connectivity index (χ3n) is 3.69. The number of hydrogen-bond donors (Lipinski definition) is 2. The van der Waals surface area contributed by atoms with Gasteiger partial charge in [-0.2, -0.15) is 0 Å². The lowest BCUT2D eigenvalue weighted by atomic mass is 9.71. The molecule has 4 nitrogen and oxygen atoms in total. The molecule has 1 aliphatic rings. The molecule has 1 fully saturated rings. The molecule has 0 saturated heterocycles. The number of nitrogen functional groups attached to an aromatic ring is 1. The molecule has 1 saturated carbocycles. The number of nitrogens with zero attached hydrogens (tertiary/aromatic N) is 1. The molecule has 0 bridgehead atoms. The summed E-state index contributed by atoms with van der Waals surface area (Å²) in [6.07, 6.45) is 5.13. The molecule has 0 aromatic carbocycles. The quantitative estimate of drug-likeness (QED) is 0.649. The second-order valence-electron chi connectivity index (χ2n) is 6.42. The Balaban J connectivity index is 2.15. The molecule has 1 aromatic heterocycles. The minimum absolute atomic E-state index is 0.00576. The van der Waals surface area contributed by atoms with Gasteiger partial charge in [-0.1, -0.05) is 20.8 Å². The van der Waals surface area contributed by atoms with Crippen molar-refractivity contribution in [2.24, 2.45) is 17.1 Å². The lowest BCUT2D eigenvalue weighted by Crippen LogP contribution is -2.34. The van der Waals surface area contributed by atoms with Crippen molar-refractivity contribution in [3.8, 4) is 5.88 Å². The number of nitrogens with two attached hydrogens (primary N) is 1. The number of amidine groups is 1. The van der Waals surface area contributed by atoms with E-state index in [0.29, 0.717) is 22.8 Å². The molecule has 4 heteroatoms. The van der Waals surface area contributed by atoms with Crippen LogP contribution in [0, 0.1) is 16.7 Å². The van der Waals surface area contributed by atoms with Gasteiger partial charge in [0.15, 0.2) is 0 Å². The molecule has 0 radical (unpaired) electrons. The number of nitrogens with one attached hydrogen (secondary N) is 1. The first-order chi connectivity index (χ1) is 8.87. The lowest BCUT2D eigenvalue weighted by Gasteiger charge is -2.38. The number of pyridine rings is 1. The van der Waals surface area contributed by atoms with Gasteiger partial charge in [0, 0.05) is 6.20 Å². The summed E-state index contributed by atoms with van der Waals surface area (Å²) < 4.78 is 6.02. The summed E-state index contributed by atoms with van der Waals surface area (Å²) >= 11 is 0. The van der Waals surface area contributed by atoms with Crippen LogP contribution in [-0.4, -0.2) is 16.9 Å². The topological polar surface area (TPSA) is 72.0 Å². The van der Waals surface area contributed by atoms with E-state index in [0.717, 1.165) is 12.8 Å². The first kappa shape index (κ1) is 13.8. The fourth-order valence-corrected chi connectivity index (χ4v) is 3.20. The van der Waals surface area contributed by atoms with Crippen LogP contribution in [0.4, 0.5) is 0 Å². The van der Waals surface area contributed by atoms with Gasteiger partial charge in [-0.25, -0.2) is 4.98 Å². The van der Waals surface area contributed by atoms with Crippen LogP contribution in [0.5, 0.6) is 5.88 Å². The van der Waals surface area contributed by atoms with E-state index in [9.17, 15) is 0 Å². The van der Waals surface area contributed by atoms with Crippen LogP contribution in [-0.2, 0) is 0 Å². The maximum atomic E-state index is 7.57. The van der Waals surface area contributed by atoms with Gasteiger partial charge >= 0.3 is 0 Å². The van der Waals surface area contributed by atoms with Crippen LogP contribution >= 0.6 is 0 Å². The molecule has 0 amide bonds. The Morgan fingerprint density at radius 2 is 2.21 bits per heavy atom. The van der Waals surface area contributed by atoms with E-state index in [1.54, 1.807) is 18.3 Å². The van der Waals surface area contributed by atoms with Crippen molar-refractivity contribution in [2.75, 3.05) is 0 Å². The predicted octanol–water partition coefficient (Wildman–Crippen LogP) is 2.96. The fraction of sp³-hybridized carbons (Fsp3) is 0.600. The summed E-state index contributed by atoms with van der Waals surface area (Å²) in [6, 6.07) is 3.55. The van der Waals surface area contributed by atoms with Crippen molar-refractivity contribution >= 4 is 5.84 Å². The number of ether oxygens (including phenoxy) is 1. The van der Waals surface area contributed by atoms with E-state index in [2.05, 4.69) is 25.8 Å². The monoisotopic (exact) mass is 261 g/mol. The van der Waals surface area contributed by atoms with E-state index < -0.39 is 0 Å². The van der Waals surface area contributed by atoms with Crippen LogP contribution in [0.25, 0.3) is 0 Å². The smallest absolute Gasteiger partial charge is 0.224 e. The molecule has 3 N–H and O–H groups in total. The summed E-state index contributed by atoms with van der Waals surface area (Å²) in [5.41, 5.74) is 6.44. The summed E-state index contributed by atoms with van der Waals surface area (Å²) in [7, 11) is 0. The normalized spacial score (nSPS) is 25.8. The average molecular weight is 261 g/mol. The highest BCUT2D eigenvalue weighted by atomic mass is 16.5. The highest BCUT2D eigenvalue weighted by molar-refractivity contribution is 5.96. The van der Waals surface area contributed by atoms with Crippen molar-refractivity contribution in [3.05, 3.63) is 23.9 Å². The second-order valence-corrected chi connectivity index (χ2v) is 6.42. The van der Waals surface area contributed by atoms with Crippen LogP contribution in [0.15, 0.2) is 18.3 Å². The Kier molecular flexibility index (Phi) is 3.78. The molecule has 2 unspecified atom stereocenters. The third kappa shape index (κ3) is 3.46. The zero-order chi connectivity index (χ0) is 14.0. The maximum absolute atomic E-state index is 7.57. The van der Waals surface area contributed by atoms with Crippen molar-refractivity contribution in [2.45, 2.75) is 46.1 Å². The maximum Gasteiger partial charge on any atom is 0.224 e. The van der Waals surface area contributed by atoms with E-state index in [1.807, 2.05) is 0 Å². The molecule has 1 heterocycles. The van der Waals surface area contributed by atoms with Crippen molar-refractivity contribution in [1.82, 2.24) is 4.98 Å². The van der Waals surface area contributed by atoms with Crippen molar-refractivity contribution in [3.63, 3.8) is 0 Å². The Labute approximate surface area is 114 Å². The Morgan fingerprint density at radius 3 is 2.84 bits per heavy atom. The minimum atomic E-state index is 0.00576. The number of rotatable bonds is 3. The second kappa shape index (κ2) is 5.19. The van der Waals surface area contributed by atoms with E-state index in [-0.39, 0.29) is 11.9 Å². The van der Waals surface area contributed by atoms with Gasteiger partial charge in [-0.05, 0) is 42.7 Å². The lowest BCUT2D eigenvalue weighted by molar-refractivity contribution is 0.0531. The van der Waals surface area contributed by atoms with Crippen LogP contribution in [0.2, 0.25) is 0 Å². The first-order valence-electron chi connectivity index (χ1n) is 6.83. The fourth-order valence-electron chi connectivity index (χ4n) is 3.20. The van der Waals surface area contributed by atoms with Gasteiger partial charge in [0.2, 0.25) is 5.88 Å². The van der Waals surface area contributed by atoms with Gasteiger partial charge in [0.25, 0.3) is 0 Å². The zero-order valence-electron chi connectivity index (χ0n) is 11.9. The Bertz CT molecular complexity index is 470. The first-order valence-corrected chi connectivity index (χ1v) is 6.83. The van der Waals surface area contributed by atoms with E-state index >= 15 is 0 Å². The summed E-state index contributed by atoms with van der Waals surface area (Å²) in [5.74, 6) is 1.15. The van der Waals surface area contributed by atoms with Gasteiger partial charge < -0.3 is 10.5 Å². The molecule has 0 spiro atoms. The Morgan fingerprint density at radius 1 is 1.47 bits per heavy atom. The molecular formula is C15H23N3O. The molecule has 19 heavy (non-hydrogen) atoms. The van der Waals surface area contributed by atoms with Crippen LogP contribution < -0.4 is 10.5 Å². The SMILES string of the molecule is CC1CC(Oc2ncccc2C(=N)N)CC(C)(C)C1. The predicted molar refractivity (Wildman–Crippen MR) is 76.5 cm³/mol. The summed E-state index contributed by atoms with van der Waals surface area (Å²) in [5, 5.41) is 7.57.